The van der Waals surface area contributed by atoms with Gasteiger partial charge in [0.1, 0.15) is 5.41 Å². The van der Waals surface area contributed by atoms with E-state index < -0.39 is 5.41 Å². The van der Waals surface area contributed by atoms with Crippen LogP contribution in [0.15, 0.2) is 107 Å². The van der Waals surface area contributed by atoms with Crippen LogP contribution in [0.4, 0.5) is 5.69 Å². The summed E-state index contributed by atoms with van der Waals surface area (Å²) < 4.78 is 0. The maximum atomic E-state index is 14.0. The van der Waals surface area contributed by atoms with Crippen molar-refractivity contribution < 1.29 is 9.59 Å². The van der Waals surface area contributed by atoms with Crippen LogP contribution in [0.25, 0.3) is 0 Å². The summed E-state index contributed by atoms with van der Waals surface area (Å²) in [5.41, 5.74) is 5.85. The van der Waals surface area contributed by atoms with Crippen molar-refractivity contribution in [2.24, 2.45) is 0 Å². The molecule has 47 heavy (non-hydrogen) atoms. The first-order chi connectivity index (χ1) is 23.0. The molecule has 0 saturated carbocycles. The number of piperazine rings is 1. The Hall–Kier alpha value is -4.07. The smallest absolute Gasteiger partial charge is 0.254 e. The third-order valence-corrected chi connectivity index (χ3v) is 11.5. The van der Waals surface area contributed by atoms with Gasteiger partial charge in [0.15, 0.2) is 0 Å². The van der Waals surface area contributed by atoms with E-state index in [-0.39, 0.29) is 17.9 Å². The highest BCUT2D eigenvalue weighted by Gasteiger charge is 2.46. The molecule has 242 valence electrons. The van der Waals surface area contributed by atoms with Crippen molar-refractivity contribution in [2.75, 3.05) is 50.7 Å². The van der Waals surface area contributed by atoms with Crippen molar-refractivity contribution in [3.63, 3.8) is 0 Å². The number of likely N-dealkylation sites (N-methyl/N-ethyl adjacent to an activating group) is 1. The minimum absolute atomic E-state index is 0.0468. The molecule has 3 heterocycles. The van der Waals surface area contributed by atoms with Crippen molar-refractivity contribution in [2.45, 2.75) is 54.4 Å². The number of hydrogen-bond donors (Lipinski definition) is 1. The topological polar surface area (TPSA) is 55.9 Å². The Bertz CT molecular complexity index is 1700. The summed E-state index contributed by atoms with van der Waals surface area (Å²) in [5.74, 6) is 0.233. The molecular weight excluding hydrogens is 601 g/mol. The van der Waals surface area contributed by atoms with E-state index in [2.05, 4.69) is 101 Å². The number of hydrogen-bond acceptors (Lipinski definition) is 5. The lowest BCUT2D eigenvalue weighted by Gasteiger charge is -2.40. The van der Waals surface area contributed by atoms with Crippen LogP contribution in [-0.4, -0.2) is 67.4 Å². The van der Waals surface area contributed by atoms with Gasteiger partial charge in [0, 0.05) is 60.3 Å². The Morgan fingerprint density at radius 1 is 0.851 bits per heavy atom. The van der Waals surface area contributed by atoms with E-state index in [1.165, 1.54) is 15.4 Å². The number of anilines is 1. The lowest BCUT2D eigenvalue weighted by Crippen LogP contribution is -2.49. The zero-order valence-electron chi connectivity index (χ0n) is 27.5. The Morgan fingerprint density at radius 2 is 1.51 bits per heavy atom. The standard InChI is InChI=1S/C40H44N4O2S/c1-3-41-39(46)40(34-14-7-9-16-36(34)47-37-17-10-8-15-35(37)40)21-11-22-42-24-26-43(27-25-42)32-19-18-31-20-23-44(38(45)33(31)28-32)29(2)30-12-5-4-6-13-30/h4-10,12-19,28-29H,3,11,20-27H2,1-2H3,(H,41,46). The van der Waals surface area contributed by atoms with E-state index in [1.807, 2.05) is 30.0 Å². The normalized spacial score (nSPS) is 17.8. The van der Waals surface area contributed by atoms with Crippen LogP contribution in [-0.2, 0) is 16.6 Å². The predicted molar refractivity (Wildman–Crippen MR) is 190 cm³/mol. The molecule has 0 aromatic heterocycles. The molecule has 0 spiro atoms. The SMILES string of the molecule is CCNC(=O)C1(CCCN2CCN(c3ccc4c(c3)C(=O)N(C(C)c3ccccc3)CC4)CC2)c2ccccc2Sc2ccccc21. The van der Waals surface area contributed by atoms with Crippen LogP contribution in [0, 0.1) is 0 Å². The van der Waals surface area contributed by atoms with Gasteiger partial charge in [0.2, 0.25) is 5.91 Å². The van der Waals surface area contributed by atoms with E-state index in [1.54, 1.807) is 11.8 Å². The van der Waals surface area contributed by atoms with Crippen LogP contribution in [0.2, 0.25) is 0 Å². The molecule has 0 bridgehead atoms. The first kappa shape index (κ1) is 31.5. The van der Waals surface area contributed by atoms with E-state index in [0.29, 0.717) is 6.54 Å². The number of amides is 2. The fourth-order valence-electron chi connectivity index (χ4n) is 7.77. The average Bonchev–Trinajstić information content (AvgIpc) is 3.12. The minimum Gasteiger partial charge on any atom is -0.369 e. The van der Waals surface area contributed by atoms with Gasteiger partial charge < -0.3 is 15.1 Å². The summed E-state index contributed by atoms with van der Waals surface area (Å²) in [5, 5.41) is 3.20. The first-order valence-corrected chi connectivity index (χ1v) is 17.9. The molecule has 1 fully saturated rings. The summed E-state index contributed by atoms with van der Waals surface area (Å²) in [6, 6.07) is 33.7. The molecular formula is C40H44N4O2S. The van der Waals surface area contributed by atoms with Crippen LogP contribution in [0.5, 0.6) is 0 Å². The molecule has 1 unspecified atom stereocenters. The highest BCUT2D eigenvalue weighted by Crippen LogP contribution is 2.51. The Morgan fingerprint density at radius 3 is 2.19 bits per heavy atom. The van der Waals surface area contributed by atoms with Gasteiger partial charge in [-0.25, -0.2) is 0 Å². The predicted octanol–water partition coefficient (Wildman–Crippen LogP) is 6.94. The van der Waals surface area contributed by atoms with Gasteiger partial charge in [-0.15, -0.1) is 0 Å². The number of benzene rings is 4. The van der Waals surface area contributed by atoms with Crippen molar-refractivity contribution >= 4 is 29.3 Å². The second-order valence-electron chi connectivity index (χ2n) is 13.0. The quantitative estimate of drug-likeness (QED) is 0.214. The molecule has 2 amide bonds. The van der Waals surface area contributed by atoms with Crippen LogP contribution < -0.4 is 10.2 Å². The molecule has 3 aliphatic heterocycles. The molecule has 0 radical (unpaired) electrons. The Kier molecular flexibility index (Phi) is 9.11. The van der Waals surface area contributed by atoms with E-state index >= 15 is 0 Å². The lowest BCUT2D eigenvalue weighted by atomic mass is 9.70. The van der Waals surface area contributed by atoms with Crippen molar-refractivity contribution in [1.82, 2.24) is 15.1 Å². The van der Waals surface area contributed by atoms with Crippen LogP contribution in [0.1, 0.15) is 65.3 Å². The molecule has 7 heteroatoms. The van der Waals surface area contributed by atoms with Crippen molar-refractivity contribution in [1.29, 1.82) is 0 Å². The third kappa shape index (κ3) is 5.96. The first-order valence-electron chi connectivity index (χ1n) is 17.1. The number of nitrogens with zero attached hydrogens (tertiary/aromatic N) is 3. The molecule has 1 saturated heterocycles. The largest absolute Gasteiger partial charge is 0.369 e. The second kappa shape index (κ2) is 13.6. The Balaban J connectivity index is 1.02. The van der Waals surface area contributed by atoms with Gasteiger partial charge in [-0.3, -0.25) is 14.5 Å². The van der Waals surface area contributed by atoms with Gasteiger partial charge in [0.25, 0.3) is 5.91 Å². The highest BCUT2D eigenvalue weighted by molar-refractivity contribution is 7.99. The molecule has 4 aromatic carbocycles. The van der Waals surface area contributed by atoms with Gasteiger partial charge in [-0.05, 0) is 86.2 Å². The second-order valence-corrected chi connectivity index (χ2v) is 14.1. The van der Waals surface area contributed by atoms with Gasteiger partial charge in [-0.1, -0.05) is 84.6 Å². The lowest BCUT2D eigenvalue weighted by molar-refractivity contribution is -0.125. The summed E-state index contributed by atoms with van der Waals surface area (Å²) in [6.07, 6.45) is 2.57. The zero-order chi connectivity index (χ0) is 32.4. The molecule has 1 N–H and O–H groups in total. The number of rotatable bonds is 9. The van der Waals surface area contributed by atoms with Crippen molar-refractivity contribution in [3.05, 3.63) is 125 Å². The molecule has 4 aromatic rings. The Labute approximate surface area is 283 Å². The summed E-state index contributed by atoms with van der Waals surface area (Å²) in [7, 11) is 0. The molecule has 7 rings (SSSR count). The minimum atomic E-state index is -0.697. The van der Waals surface area contributed by atoms with Crippen molar-refractivity contribution in [3.8, 4) is 0 Å². The van der Waals surface area contributed by atoms with Crippen LogP contribution >= 0.6 is 11.8 Å². The van der Waals surface area contributed by atoms with Gasteiger partial charge in [-0.2, -0.15) is 0 Å². The fourth-order valence-corrected chi connectivity index (χ4v) is 9.01. The number of nitrogens with one attached hydrogen (secondary N) is 1. The summed E-state index contributed by atoms with van der Waals surface area (Å²) >= 11 is 1.77. The number of carbonyl (C=O) groups excluding carboxylic acids is 2. The van der Waals surface area contributed by atoms with Crippen LogP contribution in [0.3, 0.4) is 0 Å². The summed E-state index contributed by atoms with van der Waals surface area (Å²) in [4.78, 5) is 37.0. The zero-order valence-corrected chi connectivity index (χ0v) is 28.3. The van der Waals surface area contributed by atoms with E-state index in [4.69, 9.17) is 0 Å². The summed E-state index contributed by atoms with van der Waals surface area (Å²) in [6.45, 7) is 10.2. The number of carbonyl (C=O) groups is 2. The van der Waals surface area contributed by atoms with Gasteiger partial charge >= 0.3 is 0 Å². The monoisotopic (exact) mass is 644 g/mol. The molecule has 1 atom stereocenters. The highest BCUT2D eigenvalue weighted by atomic mass is 32.2. The van der Waals surface area contributed by atoms with E-state index in [0.717, 1.165) is 86.5 Å². The fraction of sp³-hybridized carbons (Fsp3) is 0.350. The molecule has 6 nitrogen and oxygen atoms in total. The van der Waals surface area contributed by atoms with Gasteiger partial charge in [0.05, 0.1) is 6.04 Å². The maximum Gasteiger partial charge on any atom is 0.254 e. The third-order valence-electron chi connectivity index (χ3n) is 10.4. The van der Waals surface area contributed by atoms with E-state index in [9.17, 15) is 9.59 Å². The number of fused-ring (bicyclic) bond motifs is 3. The molecule has 3 aliphatic rings. The maximum absolute atomic E-state index is 14.0. The molecule has 0 aliphatic carbocycles. The average molecular weight is 645 g/mol.